The zero-order valence-electron chi connectivity index (χ0n) is 10.4. The number of rotatable bonds is 3. The van der Waals surface area contributed by atoms with Gasteiger partial charge >= 0.3 is 0 Å². The summed E-state index contributed by atoms with van der Waals surface area (Å²) in [4.78, 5) is 6.39. The topological polar surface area (TPSA) is 60.0 Å². The molecule has 2 aromatic rings. The van der Waals surface area contributed by atoms with Gasteiger partial charge in [0.05, 0.1) is 18.1 Å². The van der Waals surface area contributed by atoms with E-state index in [-0.39, 0.29) is 0 Å². The van der Waals surface area contributed by atoms with E-state index >= 15 is 0 Å². The Morgan fingerprint density at radius 2 is 2.18 bits per heavy atom. The number of aryl methyl sites for hydroxylation is 2. The van der Waals surface area contributed by atoms with Gasteiger partial charge in [-0.2, -0.15) is 5.10 Å². The number of nitrogens with two attached hydrogens (primary N) is 1. The molecule has 17 heavy (non-hydrogen) atoms. The lowest BCUT2D eigenvalue weighted by molar-refractivity contribution is 0.766. The lowest BCUT2D eigenvalue weighted by Gasteiger charge is -2.17. The molecule has 2 heterocycles. The first-order valence-corrected chi connectivity index (χ1v) is 5.47. The van der Waals surface area contributed by atoms with Crippen molar-refractivity contribution >= 4 is 11.5 Å². The molecular weight excluding hydrogens is 214 g/mol. The lowest BCUT2D eigenvalue weighted by Crippen LogP contribution is -2.17. The van der Waals surface area contributed by atoms with E-state index in [0.717, 1.165) is 29.2 Å². The normalized spacial score (nSPS) is 10.5. The molecule has 90 valence electrons. The number of hydrogen-bond donors (Lipinski definition) is 1. The molecule has 0 aliphatic carbocycles. The zero-order chi connectivity index (χ0) is 12.4. The summed E-state index contributed by atoms with van der Waals surface area (Å²) in [6.07, 6.45) is 5.56. The van der Waals surface area contributed by atoms with E-state index in [1.807, 2.05) is 39.5 Å². The number of nitrogens with zero attached hydrogens (tertiary/aromatic N) is 4. The molecule has 0 aromatic carbocycles. The van der Waals surface area contributed by atoms with Crippen LogP contribution in [-0.4, -0.2) is 21.8 Å². The molecule has 0 amide bonds. The van der Waals surface area contributed by atoms with Crippen molar-refractivity contribution in [3.05, 3.63) is 35.8 Å². The van der Waals surface area contributed by atoms with Gasteiger partial charge in [-0.3, -0.25) is 4.68 Å². The molecule has 0 radical (unpaired) electrons. The highest BCUT2D eigenvalue weighted by Crippen LogP contribution is 2.17. The van der Waals surface area contributed by atoms with Gasteiger partial charge in [-0.15, -0.1) is 0 Å². The van der Waals surface area contributed by atoms with E-state index in [0.29, 0.717) is 0 Å². The standard InChI is InChI=1S/C12H17N5/c1-9-4-12(14-6-11(9)13)16(2)7-10-5-15-17(3)8-10/h4-6,8H,7,13H2,1-3H3. The Kier molecular flexibility index (Phi) is 2.99. The smallest absolute Gasteiger partial charge is 0.128 e. The van der Waals surface area contributed by atoms with Gasteiger partial charge in [0.2, 0.25) is 0 Å². The van der Waals surface area contributed by atoms with Gasteiger partial charge in [0.15, 0.2) is 0 Å². The van der Waals surface area contributed by atoms with Crippen LogP contribution in [0.15, 0.2) is 24.7 Å². The van der Waals surface area contributed by atoms with Crippen LogP contribution in [0.25, 0.3) is 0 Å². The second kappa shape index (κ2) is 4.45. The van der Waals surface area contributed by atoms with Crippen LogP contribution < -0.4 is 10.6 Å². The highest BCUT2D eigenvalue weighted by molar-refractivity contribution is 5.51. The Hall–Kier alpha value is -2.04. The maximum atomic E-state index is 5.75. The Morgan fingerprint density at radius 3 is 2.76 bits per heavy atom. The predicted molar refractivity (Wildman–Crippen MR) is 68.7 cm³/mol. The Morgan fingerprint density at radius 1 is 1.41 bits per heavy atom. The highest BCUT2D eigenvalue weighted by Gasteiger charge is 2.06. The lowest BCUT2D eigenvalue weighted by atomic mass is 10.2. The molecule has 0 aliphatic heterocycles. The van der Waals surface area contributed by atoms with E-state index < -0.39 is 0 Å². The van der Waals surface area contributed by atoms with Crippen LogP contribution in [0.4, 0.5) is 11.5 Å². The van der Waals surface area contributed by atoms with Gasteiger partial charge in [-0.1, -0.05) is 0 Å². The van der Waals surface area contributed by atoms with Gasteiger partial charge in [-0.25, -0.2) is 4.98 Å². The summed E-state index contributed by atoms with van der Waals surface area (Å²) in [6, 6.07) is 1.99. The summed E-state index contributed by atoms with van der Waals surface area (Å²) in [5, 5.41) is 4.14. The first-order chi connectivity index (χ1) is 8.06. The van der Waals surface area contributed by atoms with Crippen LogP contribution in [0, 0.1) is 6.92 Å². The van der Waals surface area contributed by atoms with Gasteiger partial charge in [0.25, 0.3) is 0 Å². The average Bonchev–Trinajstić information content (AvgIpc) is 2.68. The van der Waals surface area contributed by atoms with Crippen molar-refractivity contribution in [2.45, 2.75) is 13.5 Å². The number of nitrogen functional groups attached to an aromatic ring is 1. The van der Waals surface area contributed by atoms with Crippen molar-refractivity contribution in [1.82, 2.24) is 14.8 Å². The maximum absolute atomic E-state index is 5.75. The molecule has 0 saturated carbocycles. The van der Waals surface area contributed by atoms with Crippen molar-refractivity contribution in [1.29, 1.82) is 0 Å². The molecule has 2 aromatic heterocycles. The quantitative estimate of drug-likeness (QED) is 0.866. The third-order valence-electron chi connectivity index (χ3n) is 2.71. The average molecular weight is 231 g/mol. The number of anilines is 2. The van der Waals surface area contributed by atoms with Crippen molar-refractivity contribution in [2.75, 3.05) is 17.7 Å². The first kappa shape index (κ1) is 11.4. The third kappa shape index (κ3) is 2.55. The second-order valence-electron chi connectivity index (χ2n) is 4.28. The minimum absolute atomic E-state index is 0.725. The van der Waals surface area contributed by atoms with Crippen LogP contribution in [0.3, 0.4) is 0 Å². The minimum Gasteiger partial charge on any atom is -0.397 e. The van der Waals surface area contributed by atoms with Gasteiger partial charge in [0, 0.05) is 32.4 Å². The number of hydrogen-bond acceptors (Lipinski definition) is 4. The van der Waals surface area contributed by atoms with Gasteiger partial charge < -0.3 is 10.6 Å². The van der Waals surface area contributed by atoms with Crippen LogP contribution in [-0.2, 0) is 13.6 Å². The van der Waals surface area contributed by atoms with E-state index in [1.165, 1.54) is 0 Å². The van der Waals surface area contributed by atoms with Crippen molar-refractivity contribution in [3.63, 3.8) is 0 Å². The largest absolute Gasteiger partial charge is 0.397 e. The molecule has 2 rings (SSSR count). The fraction of sp³-hybridized carbons (Fsp3) is 0.333. The van der Waals surface area contributed by atoms with E-state index in [1.54, 1.807) is 10.9 Å². The third-order valence-corrected chi connectivity index (χ3v) is 2.71. The summed E-state index contributed by atoms with van der Waals surface area (Å²) in [7, 11) is 3.92. The van der Waals surface area contributed by atoms with E-state index in [9.17, 15) is 0 Å². The summed E-state index contributed by atoms with van der Waals surface area (Å²) >= 11 is 0. The molecule has 5 heteroatoms. The number of aromatic nitrogens is 3. The van der Waals surface area contributed by atoms with E-state index in [4.69, 9.17) is 5.73 Å². The molecule has 0 saturated heterocycles. The molecule has 0 fully saturated rings. The maximum Gasteiger partial charge on any atom is 0.128 e. The van der Waals surface area contributed by atoms with E-state index in [2.05, 4.69) is 15.0 Å². The predicted octanol–water partition coefficient (Wildman–Crippen LogP) is 1.34. The van der Waals surface area contributed by atoms with Crippen LogP contribution >= 0.6 is 0 Å². The summed E-state index contributed by atoms with van der Waals surface area (Å²) in [6.45, 7) is 2.77. The second-order valence-corrected chi connectivity index (χ2v) is 4.28. The fourth-order valence-electron chi connectivity index (χ4n) is 1.67. The number of pyridine rings is 1. The van der Waals surface area contributed by atoms with Crippen molar-refractivity contribution < 1.29 is 0 Å². The molecule has 0 unspecified atom stereocenters. The molecule has 0 spiro atoms. The zero-order valence-corrected chi connectivity index (χ0v) is 10.4. The van der Waals surface area contributed by atoms with Crippen LogP contribution in [0.1, 0.15) is 11.1 Å². The summed E-state index contributed by atoms with van der Waals surface area (Å²) in [5.74, 6) is 0.917. The molecule has 2 N–H and O–H groups in total. The SMILES string of the molecule is Cc1cc(N(C)Cc2cnn(C)c2)ncc1N. The van der Waals surface area contributed by atoms with Crippen LogP contribution in [0.2, 0.25) is 0 Å². The van der Waals surface area contributed by atoms with Crippen molar-refractivity contribution in [3.8, 4) is 0 Å². The molecule has 0 aliphatic rings. The van der Waals surface area contributed by atoms with Gasteiger partial charge in [0.1, 0.15) is 5.82 Å². The Balaban J connectivity index is 2.14. The fourth-order valence-corrected chi connectivity index (χ4v) is 1.67. The Labute approximate surface area is 101 Å². The summed E-state index contributed by atoms with van der Waals surface area (Å²) in [5.41, 5.74) is 8.68. The minimum atomic E-state index is 0.725. The van der Waals surface area contributed by atoms with Gasteiger partial charge in [-0.05, 0) is 18.6 Å². The Bertz CT molecular complexity index is 517. The highest BCUT2D eigenvalue weighted by atomic mass is 15.2. The molecular formula is C12H17N5. The molecule has 0 bridgehead atoms. The van der Waals surface area contributed by atoms with Crippen LogP contribution in [0.5, 0.6) is 0 Å². The first-order valence-electron chi connectivity index (χ1n) is 5.47. The molecule has 5 nitrogen and oxygen atoms in total. The summed E-state index contributed by atoms with van der Waals surface area (Å²) < 4.78 is 1.80. The monoisotopic (exact) mass is 231 g/mol. The van der Waals surface area contributed by atoms with Crippen molar-refractivity contribution in [2.24, 2.45) is 7.05 Å². The molecule has 0 atom stereocenters.